The highest BCUT2D eigenvalue weighted by Crippen LogP contribution is 2.39. The van der Waals surface area contributed by atoms with Gasteiger partial charge >= 0.3 is 5.97 Å². The summed E-state index contributed by atoms with van der Waals surface area (Å²) in [5.41, 5.74) is -0.752. The number of carboxylic acid groups (broad SMARTS) is 1. The molecular formula is C14H14O4S. The summed E-state index contributed by atoms with van der Waals surface area (Å²) < 4.78 is 5.23. The summed E-state index contributed by atoms with van der Waals surface area (Å²) in [5.74, 6) is -0.524. The molecule has 0 aliphatic heterocycles. The Balaban J connectivity index is 2.58. The van der Waals surface area contributed by atoms with Gasteiger partial charge in [0.2, 0.25) is 0 Å². The highest BCUT2D eigenvalue weighted by molar-refractivity contribution is 7.10. The molecule has 0 bridgehead atoms. The maximum absolute atomic E-state index is 11.2. The molecule has 0 saturated heterocycles. The van der Waals surface area contributed by atoms with Crippen LogP contribution in [0.1, 0.15) is 27.7 Å². The van der Waals surface area contributed by atoms with Crippen LogP contribution in [0.5, 0.6) is 5.75 Å². The van der Waals surface area contributed by atoms with Crippen molar-refractivity contribution in [1.82, 2.24) is 0 Å². The molecule has 0 aliphatic rings. The van der Waals surface area contributed by atoms with E-state index in [-0.39, 0.29) is 5.56 Å². The number of aliphatic hydroxyl groups is 1. The highest BCUT2D eigenvalue weighted by Gasteiger charge is 2.34. The molecule has 0 fully saturated rings. The summed E-state index contributed by atoms with van der Waals surface area (Å²) in [7, 11) is 1.52. The lowest BCUT2D eigenvalue weighted by Crippen LogP contribution is -2.24. The van der Waals surface area contributed by atoms with Gasteiger partial charge in [0.05, 0.1) is 17.6 Å². The number of hydrogen-bond donors (Lipinski definition) is 2. The molecule has 1 aromatic carbocycles. The quantitative estimate of drug-likeness (QED) is 0.902. The molecule has 2 N–H and O–H groups in total. The topological polar surface area (TPSA) is 66.8 Å². The molecule has 100 valence electrons. The Hall–Kier alpha value is -1.85. The Labute approximate surface area is 114 Å². The Kier molecular flexibility index (Phi) is 3.59. The second-order valence-electron chi connectivity index (χ2n) is 4.24. The van der Waals surface area contributed by atoms with Crippen LogP contribution in [0.2, 0.25) is 0 Å². The fraction of sp³-hybridized carbons (Fsp3) is 0.214. The van der Waals surface area contributed by atoms with Gasteiger partial charge in [0.15, 0.2) is 0 Å². The second kappa shape index (κ2) is 5.03. The maximum atomic E-state index is 11.2. The molecule has 0 amide bonds. The predicted molar refractivity (Wildman–Crippen MR) is 72.9 cm³/mol. The Bertz CT molecular complexity index is 601. The van der Waals surface area contributed by atoms with Crippen molar-refractivity contribution in [3.8, 4) is 5.75 Å². The van der Waals surface area contributed by atoms with Crippen molar-refractivity contribution in [3.63, 3.8) is 0 Å². The van der Waals surface area contributed by atoms with Gasteiger partial charge in [-0.05, 0) is 24.4 Å². The van der Waals surface area contributed by atoms with Crippen molar-refractivity contribution in [1.29, 1.82) is 0 Å². The molecular weight excluding hydrogens is 264 g/mol. The fourth-order valence-electron chi connectivity index (χ4n) is 2.02. The number of thiophene rings is 1. The standard InChI is InChI=1S/C14H14O4S/c1-14(17,10-5-3-4-6-11(10)18-2)12-9(13(15)16)7-8-19-12/h3-8,17H,1-2H3,(H,15,16). The minimum absolute atomic E-state index is 0.112. The SMILES string of the molecule is COc1ccccc1C(C)(O)c1sccc1C(=O)O. The van der Waals surface area contributed by atoms with Gasteiger partial charge in [-0.25, -0.2) is 4.79 Å². The Morgan fingerprint density at radius 2 is 2.00 bits per heavy atom. The summed E-state index contributed by atoms with van der Waals surface area (Å²) >= 11 is 1.21. The van der Waals surface area contributed by atoms with Crippen LogP contribution in [0.4, 0.5) is 0 Å². The van der Waals surface area contributed by atoms with Crippen molar-refractivity contribution < 1.29 is 19.7 Å². The molecule has 1 unspecified atom stereocenters. The lowest BCUT2D eigenvalue weighted by molar-refractivity contribution is 0.0672. The summed E-state index contributed by atoms with van der Waals surface area (Å²) in [4.78, 5) is 11.6. The third-order valence-electron chi connectivity index (χ3n) is 2.97. The monoisotopic (exact) mass is 278 g/mol. The second-order valence-corrected chi connectivity index (χ2v) is 5.16. The van der Waals surface area contributed by atoms with Crippen LogP contribution in [-0.4, -0.2) is 23.3 Å². The number of ether oxygens (including phenoxy) is 1. The van der Waals surface area contributed by atoms with Gasteiger partial charge < -0.3 is 14.9 Å². The van der Waals surface area contributed by atoms with Crippen LogP contribution >= 0.6 is 11.3 Å². The number of para-hydroxylation sites is 1. The Morgan fingerprint density at radius 3 is 2.63 bits per heavy atom. The van der Waals surface area contributed by atoms with E-state index in [0.717, 1.165) is 0 Å². The maximum Gasteiger partial charge on any atom is 0.336 e. The van der Waals surface area contributed by atoms with E-state index < -0.39 is 11.6 Å². The predicted octanol–water partition coefficient (Wildman–Crippen LogP) is 2.71. The fourth-order valence-corrected chi connectivity index (χ4v) is 2.99. The molecule has 0 aliphatic carbocycles. The van der Waals surface area contributed by atoms with Crippen LogP contribution in [0.15, 0.2) is 35.7 Å². The molecule has 5 heteroatoms. The first-order valence-electron chi connectivity index (χ1n) is 5.65. The zero-order valence-corrected chi connectivity index (χ0v) is 11.4. The first-order chi connectivity index (χ1) is 8.98. The average molecular weight is 278 g/mol. The number of rotatable bonds is 4. The van der Waals surface area contributed by atoms with Crippen LogP contribution < -0.4 is 4.74 Å². The molecule has 2 aromatic rings. The molecule has 1 aromatic heterocycles. The molecule has 0 saturated carbocycles. The lowest BCUT2D eigenvalue weighted by Gasteiger charge is -2.25. The lowest BCUT2D eigenvalue weighted by atomic mass is 9.91. The minimum Gasteiger partial charge on any atom is -0.496 e. The summed E-state index contributed by atoms with van der Waals surface area (Å²) in [5, 5.41) is 21.6. The highest BCUT2D eigenvalue weighted by atomic mass is 32.1. The largest absolute Gasteiger partial charge is 0.496 e. The van der Waals surface area contributed by atoms with Crippen LogP contribution in [0.3, 0.4) is 0 Å². The van der Waals surface area contributed by atoms with Crippen LogP contribution in [0, 0.1) is 0 Å². The van der Waals surface area contributed by atoms with Crippen LogP contribution in [-0.2, 0) is 5.60 Å². The molecule has 2 rings (SSSR count). The average Bonchev–Trinajstić information content (AvgIpc) is 2.88. The number of carboxylic acids is 1. The smallest absolute Gasteiger partial charge is 0.336 e. The summed E-state index contributed by atoms with van der Waals surface area (Å²) in [6.07, 6.45) is 0. The number of hydrogen-bond acceptors (Lipinski definition) is 4. The summed E-state index contributed by atoms with van der Waals surface area (Å²) in [6.45, 7) is 1.57. The van der Waals surface area contributed by atoms with Gasteiger partial charge in [0.1, 0.15) is 11.4 Å². The van der Waals surface area contributed by atoms with Crippen molar-refractivity contribution in [2.75, 3.05) is 7.11 Å². The van der Waals surface area contributed by atoms with Gasteiger partial charge in [-0.3, -0.25) is 0 Å². The third kappa shape index (κ3) is 2.34. The number of aromatic carboxylic acids is 1. The van der Waals surface area contributed by atoms with Crippen molar-refractivity contribution in [2.45, 2.75) is 12.5 Å². The van der Waals surface area contributed by atoms with E-state index in [1.807, 2.05) is 0 Å². The first kappa shape index (κ1) is 13.6. The molecule has 4 nitrogen and oxygen atoms in total. The molecule has 0 radical (unpaired) electrons. The van der Waals surface area contributed by atoms with Crippen molar-refractivity contribution >= 4 is 17.3 Å². The normalized spacial score (nSPS) is 13.8. The Morgan fingerprint density at radius 1 is 1.32 bits per heavy atom. The number of methoxy groups -OCH3 is 1. The zero-order valence-electron chi connectivity index (χ0n) is 10.6. The van der Waals surface area contributed by atoms with Crippen LogP contribution in [0.25, 0.3) is 0 Å². The molecule has 1 atom stereocenters. The molecule has 1 heterocycles. The van der Waals surface area contributed by atoms with Gasteiger partial charge in [-0.1, -0.05) is 18.2 Å². The first-order valence-corrected chi connectivity index (χ1v) is 6.53. The van der Waals surface area contributed by atoms with Crippen molar-refractivity contribution in [2.24, 2.45) is 0 Å². The van der Waals surface area contributed by atoms with E-state index in [0.29, 0.717) is 16.2 Å². The van der Waals surface area contributed by atoms with Crippen molar-refractivity contribution in [3.05, 3.63) is 51.7 Å². The zero-order chi connectivity index (χ0) is 14.0. The van der Waals surface area contributed by atoms with Gasteiger partial charge in [0.25, 0.3) is 0 Å². The van der Waals surface area contributed by atoms with E-state index in [2.05, 4.69) is 0 Å². The molecule has 0 spiro atoms. The molecule has 19 heavy (non-hydrogen) atoms. The summed E-state index contributed by atoms with van der Waals surface area (Å²) in [6, 6.07) is 8.53. The van der Waals surface area contributed by atoms with Gasteiger partial charge in [0, 0.05) is 5.56 Å². The number of benzene rings is 1. The van der Waals surface area contributed by atoms with E-state index in [1.54, 1.807) is 36.6 Å². The number of carbonyl (C=O) groups is 1. The minimum atomic E-state index is -1.41. The van der Waals surface area contributed by atoms with E-state index in [4.69, 9.17) is 9.84 Å². The van der Waals surface area contributed by atoms with Gasteiger partial charge in [-0.2, -0.15) is 0 Å². The van der Waals surface area contributed by atoms with E-state index in [9.17, 15) is 9.90 Å². The third-order valence-corrected chi connectivity index (χ3v) is 4.09. The van der Waals surface area contributed by atoms with Gasteiger partial charge in [-0.15, -0.1) is 11.3 Å². The van der Waals surface area contributed by atoms with E-state index in [1.165, 1.54) is 24.5 Å². The van der Waals surface area contributed by atoms with E-state index >= 15 is 0 Å².